The number of hydrogen-bond donors (Lipinski definition) is 1. The van der Waals surface area contributed by atoms with Crippen LogP contribution in [0.3, 0.4) is 0 Å². The molecule has 1 N–H and O–H groups in total. The van der Waals surface area contributed by atoms with Gasteiger partial charge >= 0.3 is 0 Å². The van der Waals surface area contributed by atoms with Crippen molar-refractivity contribution in [2.75, 3.05) is 13.1 Å². The van der Waals surface area contributed by atoms with Gasteiger partial charge in [0.15, 0.2) is 0 Å². The molecule has 14 heavy (non-hydrogen) atoms. The van der Waals surface area contributed by atoms with Gasteiger partial charge in [-0.1, -0.05) is 0 Å². The third kappa shape index (κ3) is 2.64. The van der Waals surface area contributed by atoms with Gasteiger partial charge in [-0.2, -0.15) is 0 Å². The summed E-state index contributed by atoms with van der Waals surface area (Å²) in [5.41, 5.74) is 0.830. The molecule has 1 aliphatic rings. The van der Waals surface area contributed by atoms with Crippen LogP contribution in [-0.2, 0) is 11.3 Å². The van der Waals surface area contributed by atoms with E-state index in [4.69, 9.17) is 16.3 Å². The van der Waals surface area contributed by atoms with Crippen molar-refractivity contribution in [2.45, 2.75) is 19.1 Å². The van der Waals surface area contributed by atoms with E-state index in [0.717, 1.165) is 25.2 Å². The zero-order valence-electron chi connectivity index (χ0n) is 7.74. The van der Waals surface area contributed by atoms with Gasteiger partial charge in [-0.05, 0) is 30.6 Å². The van der Waals surface area contributed by atoms with Crippen molar-refractivity contribution < 1.29 is 4.74 Å². The fraction of sp³-hybridized carbons (Fsp3) is 0.556. The smallest absolute Gasteiger partial charge is 0.222 e. The Morgan fingerprint density at radius 3 is 3.29 bits per heavy atom. The lowest BCUT2D eigenvalue weighted by molar-refractivity contribution is 0.0522. The van der Waals surface area contributed by atoms with Gasteiger partial charge in [0, 0.05) is 12.7 Å². The molecule has 2 rings (SSSR count). The molecule has 4 nitrogen and oxygen atoms in total. The standard InChI is InChI=1S/C9H12ClN3O/c10-9-12-4-1-7(13-9)6-14-8-2-3-11-5-8/h1,4,8,11H,2-3,5-6H2. The van der Waals surface area contributed by atoms with Crippen LogP contribution in [0.15, 0.2) is 12.3 Å². The van der Waals surface area contributed by atoms with Gasteiger partial charge in [0.25, 0.3) is 0 Å². The molecule has 1 atom stereocenters. The summed E-state index contributed by atoms with van der Waals surface area (Å²) in [5.74, 6) is 0. The van der Waals surface area contributed by atoms with Crippen LogP contribution in [0.4, 0.5) is 0 Å². The molecular formula is C9H12ClN3O. The molecule has 0 amide bonds. The molecule has 0 aromatic carbocycles. The Morgan fingerprint density at radius 1 is 1.64 bits per heavy atom. The molecule has 0 bridgehead atoms. The Kier molecular flexibility index (Phi) is 3.29. The van der Waals surface area contributed by atoms with Crippen molar-refractivity contribution in [2.24, 2.45) is 0 Å². The Morgan fingerprint density at radius 2 is 2.57 bits per heavy atom. The molecule has 0 spiro atoms. The van der Waals surface area contributed by atoms with Gasteiger partial charge in [0.1, 0.15) is 0 Å². The molecular weight excluding hydrogens is 202 g/mol. The topological polar surface area (TPSA) is 47.0 Å². The average molecular weight is 214 g/mol. The number of hydrogen-bond acceptors (Lipinski definition) is 4. The highest BCUT2D eigenvalue weighted by molar-refractivity contribution is 6.28. The summed E-state index contributed by atoms with van der Waals surface area (Å²) >= 11 is 5.65. The summed E-state index contributed by atoms with van der Waals surface area (Å²) in [4.78, 5) is 7.85. The maximum Gasteiger partial charge on any atom is 0.222 e. The van der Waals surface area contributed by atoms with E-state index in [1.54, 1.807) is 6.20 Å². The SMILES string of the molecule is Clc1nccc(COC2CCNC2)n1. The number of nitrogens with zero attached hydrogens (tertiary/aromatic N) is 2. The van der Waals surface area contributed by atoms with E-state index >= 15 is 0 Å². The molecule has 1 aromatic heterocycles. The molecule has 1 aromatic rings. The fourth-order valence-electron chi connectivity index (χ4n) is 1.42. The molecule has 0 saturated carbocycles. The second-order valence-corrected chi connectivity index (χ2v) is 3.58. The fourth-order valence-corrected chi connectivity index (χ4v) is 1.59. The summed E-state index contributed by atoms with van der Waals surface area (Å²) in [7, 11) is 0. The number of nitrogens with one attached hydrogen (secondary N) is 1. The molecule has 0 radical (unpaired) electrons. The molecule has 2 heterocycles. The van der Waals surface area contributed by atoms with Gasteiger partial charge in [-0.25, -0.2) is 9.97 Å². The van der Waals surface area contributed by atoms with E-state index in [1.165, 1.54) is 0 Å². The normalized spacial score (nSPS) is 21.4. The lowest BCUT2D eigenvalue weighted by atomic mass is 10.3. The minimum atomic E-state index is 0.274. The van der Waals surface area contributed by atoms with Crippen molar-refractivity contribution in [3.8, 4) is 0 Å². The third-order valence-electron chi connectivity index (χ3n) is 2.17. The van der Waals surface area contributed by atoms with Gasteiger partial charge in [-0.15, -0.1) is 0 Å². The Labute approximate surface area is 87.7 Å². The summed E-state index contributed by atoms with van der Waals surface area (Å²) in [6, 6.07) is 1.81. The molecule has 1 saturated heterocycles. The van der Waals surface area contributed by atoms with E-state index in [0.29, 0.717) is 12.7 Å². The largest absolute Gasteiger partial charge is 0.371 e. The number of rotatable bonds is 3. The van der Waals surface area contributed by atoms with Crippen molar-refractivity contribution in [3.05, 3.63) is 23.2 Å². The van der Waals surface area contributed by atoms with Crippen LogP contribution in [0.25, 0.3) is 0 Å². The van der Waals surface area contributed by atoms with Crippen LogP contribution in [0, 0.1) is 0 Å². The van der Waals surface area contributed by atoms with E-state index < -0.39 is 0 Å². The molecule has 1 unspecified atom stereocenters. The Hall–Kier alpha value is -0.710. The quantitative estimate of drug-likeness (QED) is 0.762. The molecule has 5 heteroatoms. The highest BCUT2D eigenvalue weighted by Crippen LogP contribution is 2.07. The Balaban J connectivity index is 1.85. The minimum Gasteiger partial charge on any atom is -0.371 e. The van der Waals surface area contributed by atoms with E-state index in [-0.39, 0.29) is 5.28 Å². The van der Waals surface area contributed by atoms with Crippen LogP contribution in [-0.4, -0.2) is 29.2 Å². The van der Waals surface area contributed by atoms with Crippen molar-refractivity contribution in [1.29, 1.82) is 0 Å². The molecule has 1 aliphatic heterocycles. The van der Waals surface area contributed by atoms with Crippen LogP contribution in [0.2, 0.25) is 5.28 Å². The lowest BCUT2D eigenvalue weighted by Crippen LogP contribution is -2.16. The highest BCUT2D eigenvalue weighted by atomic mass is 35.5. The van der Waals surface area contributed by atoms with E-state index in [1.807, 2.05) is 6.07 Å². The van der Waals surface area contributed by atoms with Crippen molar-refractivity contribution >= 4 is 11.6 Å². The average Bonchev–Trinajstić information content (AvgIpc) is 2.67. The van der Waals surface area contributed by atoms with Crippen LogP contribution in [0.1, 0.15) is 12.1 Å². The van der Waals surface area contributed by atoms with Crippen molar-refractivity contribution in [1.82, 2.24) is 15.3 Å². The first kappa shape index (κ1) is 9.83. The predicted molar refractivity (Wildman–Crippen MR) is 53.1 cm³/mol. The number of ether oxygens (including phenoxy) is 1. The first-order chi connectivity index (χ1) is 6.84. The number of halogens is 1. The molecule has 0 aliphatic carbocycles. The van der Waals surface area contributed by atoms with Gasteiger partial charge in [0.2, 0.25) is 5.28 Å². The summed E-state index contributed by atoms with van der Waals surface area (Å²) in [6.07, 6.45) is 3.02. The molecule has 76 valence electrons. The third-order valence-corrected chi connectivity index (χ3v) is 2.35. The zero-order valence-corrected chi connectivity index (χ0v) is 8.50. The monoisotopic (exact) mass is 213 g/mol. The zero-order chi connectivity index (χ0) is 9.80. The number of aromatic nitrogens is 2. The second-order valence-electron chi connectivity index (χ2n) is 3.24. The molecule has 1 fully saturated rings. The first-order valence-electron chi connectivity index (χ1n) is 4.64. The van der Waals surface area contributed by atoms with Crippen molar-refractivity contribution in [3.63, 3.8) is 0 Å². The van der Waals surface area contributed by atoms with Crippen LogP contribution >= 0.6 is 11.6 Å². The summed E-state index contributed by atoms with van der Waals surface area (Å²) in [5, 5.41) is 3.51. The maximum absolute atomic E-state index is 5.65. The van der Waals surface area contributed by atoms with E-state index in [2.05, 4.69) is 15.3 Å². The first-order valence-corrected chi connectivity index (χ1v) is 5.02. The van der Waals surface area contributed by atoms with Gasteiger partial charge in [-0.3, -0.25) is 0 Å². The Bertz CT molecular complexity index is 302. The predicted octanol–water partition coefficient (Wildman–Crippen LogP) is 1.01. The highest BCUT2D eigenvalue weighted by Gasteiger charge is 2.14. The summed E-state index contributed by atoms with van der Waals surface area (Å²) < 4.78 is 5.63. The van der Waals surface area contributed by atoms with E-state index in [9.17, 15) is 0 Å². The van der Waals surface area contributed by atoms with Crippen LogP contribution < -0.4 is 5.32 Å². The van der Waals surface area contributed by atoms with Gasteiger partial charge < -0.3 is 10.1 Å². The summed E-state index contributed by atoms with van der Waals surface area (Å²) in [6.45, 7) is 2.47. The van der Waals surface area contributed by atoms with Gasteiger partial charge in [0.05, 0.1) is 18.4 Å². The second kappa shape index (κ2) is 4.68. The van der Waals surface area contributed by atoms with Crippen LogP contribution in [0.5, 0.6) is 0 Å². The lowest BCUT2D eigenvalue weighted by Gasteiger charge is -2.09. The maximum atomic E-state index is 5.65. The minimum absolute atomic E-state index is 0.274.